The lowest BCUT2D eigenvalue weighted by atomic mass is 10.1. The normalized spacial score (nSPS) is 20.6. The number of nitrogens with zero attached hydrogens (tertiary/aromatic N) is 2. The lowest BCUT2D eigenvalue weighted by Gasteiger charge is -2.34. The highest BCUT2D eigenvalue weighted by Crippen LogP contribution is 2.21. The first-order valence-electron chi connectivity index (χ1n) is 7.58. The van der Waals surface area contributed by atoms with Crippen LogP contribution in [0.3, 0.4) is 0 Å². The molecule has 1 heterocycles. The molecule has 1 aliphatic rings. The van der Waals surface area contributed by atoms with E-state index in [1.165, 1.54) is 0 Å². The predicted octanol–water partition coefficient (Wildman–Crippen LogP) is 1.58. The summed E-state index contributed by atoms with van der Waals surface area (Å²) in [7, 11) is 0. The average molecular weight is 299 g/mol. The molecule has 0 aromatic rings. The fourth-order valence-corrected chi connectivity index (χ4v) is 2.55. The Bertz CT molecular complexity index is 388. The molecule has 0 aromatic carbocycles. The molecule has 1 aliphatic heterocycles. The molecule has 2 atom stereocenters. The molecule has 0 radical (unpaired) electrons. The Hall–Kier alpha value is -1.30. The van der Waals surface area contributed by atoms with Gasteiger partial charge in [0, 0.05) is 19.1 Å². The van der Waals surface area contributed by atoms with E-state index in [0.29, 0.717) is 13.1 Å². The van der Waals surface area contributed by atoms with E-state index >= 15 is 0 Å². The number of ether oxygens (including phenoxy) is 1. The van der Waals surface area contributed by atoms with Gasteiger partial charge in [0.2, 0.25) is 5.91 Å². The highest BCUT2D eigenvalue weighted by Gasteiger charge is 2.36. The van der Waals surface area contributed by atoms with Crippen LogP contribution in [0.4, 0.5) is 4.79 Å². The van der Waals surface area contributed by atoms with Crippen molar-refractivity contribution in [2.24, 2.45) is 5.73 Å². The second-order valence-electron chi connectivity index (χ2n) is 7.00. The molecule has 122 valence electrons. The van der Waals surface area contributed by atoms with Crippen molar-refractivity contribution < 1.29 is 14.3 Å². The topological polar surface area (TPSA) is 75.9 Å². The molecular weight excluding hydrogens is 270 g/mol. The molecule has 0 saturated carbocycles. The zero-order valence-corrected chi connectivity index (χ0v) is 14.0. The molecule has 1 fully saturated rings. The number of hydrogen-bond donors (Lipinski definition) is 1. The summed E-state index contributed by atoms with van der Waals surface area (Å²) in [5.74, 6) is -0.0644. The van der Waals surface area contributed by atoms with E-state index in [1.807, 2.05) is 34.6 Å². The Morgan fingerprint density at radius 1 is 1.29 bits per heavy atom. The smallest absolute Gasteiger partial charge is 0.410 e. The number of likely N-dealkylation sites (tertiary alicyclic amines) is 1. The maximum atomic E-state index is 12.4. The van der Waals surface area contributed by atoms with Crippen molar-refractivity contribution >= 4 is 12.0 Å². The van der Waals surface area contributed by atoms with Gasteiger partial charge in [-0.15, -0.1) is 0 Å². The summed E-state index contributed by atoms with van der Waals surface area (Å²) in [6.45, 7) is 12.3. The van der Waals surface area contributed by atoms with E-state index in [2.05, 4.69) is 0 Å². The summed E-state index contributed by atoms with van der Waals surface area (Å²) in [5.41, 5.74) is 5.12. The van der Waals surface area contributed by atoms with Crippen LogP contribution in [0.5, 0.6) is 0 Å². The zero-order chi connectivity index (χ0) is 16.4. The van der Waals surface area contributed by atoms with Crippen LogP contribution in [0.2, 0.25) is 0 Å². The van der Waals surface area contributed by atoms with Gasteiger partial charge in [0.15, 0.2) is 0 Å². The summed E-state index contributed by atoms with van der Waals surface area (Å²) in [4.78, 5) is 27.8. The molecule has 6 nitrogen and oxygen atoms in total. The Morgan fingerprint density at radius 3 is 2.29 bits per heavy atom. The summed E-state index contributed by atoms with van der Waals surface area (Å²) in [6.07, 6.45) is 0.438. The number of carbonyl (C=O) groups excluding carboxylic acids is 2. The third-order valence-electron chi connectivity index (χ3n) is 3.42. The zero-order valence-electron chi connectivity index (χ0n) is 14.0. The van der Waals surface area contributed by atoms with Crippen molar-refractivity contribution in [3.63, 3.8) is 0 Å². The van der Waals surface area contributed by atoms with Crippen LogP contribution in [-0.4, -0.2) is 58.6 Å². The van der Waals surface area contributed by atoms with Crippen molar-refractivity contribution in [3.8, 4) is 0 Å². The molecule has 0 aromatic heterocycles. The Balaban J connectivity index is 2.76. The van der Waals surface area contributed by atoms with E-state index < -0.39 is 11.6 Å². The van der Waals surface area contributed by atoms with Gasteiger partial charge in [0.25, 0.3) is 0 Å². The number of rotatable bonds is 3. The highest BCUT2D eigenvalue weighted by molar-refractivity contribution is 5.81. The van der Waals surface area contributed by atoms with Gasteiger partial charge in [-0.05, 0) is 48.0 Å². The van der Waals surface area contributed by atoms with E-state index in [4.69, 9.17) is 10.5 Å². The largest absolute Gasteiger partial charge is 0.444 e. The number of hydrogen-bond acceptors (Lipinski definition) is 4. The maximum Gasteiger partial charge on any atom is 0.410 e. The van der Waals surface area contributed by atoms with Crippen molar-refractivity contribution in [3.05, 3.63) is 0 Å². The monoisotopic (exact) mass is 299 g/mol. The van der Waals surface area contributed by atoms with Crippen molar-refractivity contribution in [2.45, 2.75) is 71.7 Å². The first-order valence-corrected chi connectivity index (χ1v) is 7.58. The molecule has 6 heteroatoms. The minimum absolute atomic E-state index is 0.0115. The van der Waals surface area contributed by atoms with Gasteiger partial charge in [-0.3, -0.25) is 4.79 Å². The first-order chi connectivity index (χ1) is 9.53. The van der Waals surface area contributed by atoms with Crippen molar-refractivity contribution in [1.29, 1.82) is 0 Å². The summed E-state index contributed by atoms with van der Waals surface area (Å²) < 4.78 is 5.48. The standard InChI is InChI=1S/C15H29N3O3/c1-10(2)18(14(20)21-15(4,5)6)12-7-8-17(9-12)13(19)11(3)16/h10-12H,7-9,16H2,1-6H3/t11-,12?/m0/s1. The quantitative estimate of drug-likeness (QED) is 0.858. The van der Waals surface area contributed by atoms with E-state index in [-0.39, 0.29) is 24.1 Å². The molecule has 1 unspecified atom stereocenters. The van der Waals surface area contributed by atoms with E-state index in [0.717, 1.165) is 6.42 Å². The van der Waals surface area contributed by atoms with Crippen molar-refractivity contribution in [2.75, 3.05) is 13.1 Å². The summed E-state index contributed by atoms with van der Waals surface area (Å²) in [5, 5.41) is 0. The molecule has 2 N–H and O–H groups in total. The molecule has 1 rings (SSSR count). The lowest BCUT2D eigenvalue weighted by molar-refractivity contribution is -0.131. The third-order valence-corrected chi connectivity index (χ3v) is 3.42. The Labute approximate surface area is 127 Å². The van der Waals surface area contributed by atoms with E-state index in [9.17, 15) is 9.59 Å². The van der Waals surface area contributed by atoms with Crippen LogP contribution < -0.4 is 5.73 Å². The van der Waals surface area contributed by atoms with E-state index in [1.54, 1.807) is 16.7 Å². The highest BCUT2D eigenvalue weighted by atomic mass is 16.6. The van der Waals surface area contributed by atoms with Gasteiger partial charge in [-0.1, -0.05) is 0 Å². The van der Waals surface area contributed by atoms with Crippen LogP contribution in [-0.2, 0) is 9.53 Å². The van der Waals surface area contributed by atoms with Crippen LogP contribution in [0, 0.1) is 0 Å². The lowest BCUT2D eigenvalue weighted by Crippen LogP contribution is -2.49. The molecule has 21 heavy (non-hydrogen) atoms. The summed E-state index contributed by atoms with van der Waals surface area (Å²) >= 11 is 0. The van der Waals surface area contributed by atoms with Gasteiger partial charge < -0.3 is 20.3 Å². The van der Waals surface area contributed by atoms with Crippen LogP contribution in [0.25, 0.3) is 0 Å². The minimum atomic E-state index is -0.524. The SMILES string of the molecule is CC(C)N(C(=O)OC(C)(C)C)C1CCN(C(=O)[C@H](C)N)C1. The maximum absolute atomic E-state index is 12.4. The Kier molecular flexibility index (Phi) is 5.61. The van der Waals surface area contributed by atoms with Crippen molar-refractivity contribution in [1.82, 2.24) is 9.80 Å². The molecule has 0 spiro atoms. The van der Waals surface area contributed by atoms with Crippen LogP contribution in [0.15, 0.2) is 0 Å². The second kappa shape index (κ2) is 6.64. The number of carbonyl (C=O) groups is 2. The van der Waals surface area contributed by atoms with Gasteiger partial charge in [0.05, 0.1) is 12.1 Å². The van der Waals surface area contributed by atoms with Gasteiger partial charge in [-0.2, -0.15) is 0 Å². The van der Waals surface area contributed by atoms with Gasteiger partial charge in [0.1, 0.15) is 5.60 Å². The fourth-order valence-electron chi connectivity index (χ4n) is 2.55. The molecule has 2 amide bonds. The number of amides is 2. The fraction of sp³-hybridized carbons (Fsp3) is 0.867. The minimum Gasteiger partial charge on any atom is -0.444 e. The molecule has 1 saturated heterocycles. The molecule has 0 aliphatic carbocycles. The average Bonchev–Trinajstić information content (AvgIpc) is 2.73. The first kappa shape index (κ1) is 17.8. The third kappa shape index (κ3) is 4.88. The summed E-state index contributed by atoms with van der Waals surface area (Å²) in [6, 6.07) is -0.490. The van der Waals surface area contributed by atoms with Crippen LogP contribution >= 0.6 is 0 Å². The molecular formula is C15H29N3O3. The number of nitrogens with two attached hydrogens (primary N) is 1. The van der Waals surface area contributed by atoms with Crippen LogP contribution in [0.1, 0.15) is 48.0 Å². The van der Waals surface area contributed by atoms with Gasteiger partial charge >= 0.3 is 6.09 Å². The Morgan fingerprint density at radius 2 is 1.86 bits per heavy atom. The molecule has 0 bridgehead atoms. The van der Waals surface area contributed by atoms with Gasteiger partial charge in [-0.25, -0.2) is 4.79 Å². The second-order valence-corrected chi connectivity index (χ2v) is 7.00. The predicted molar refractivity (Wildman–Crippen MR) is 81.8 cm³/mol.